The summed E-state index contributed by atoms with van der Waals surface area (Å²) < 4.78 is 61.7. The second kappa shape index (κ2) is 6.30. The summed E-state index contributed by atoms with van der Waals surface area (Å²) in [7, 11) is 0. The van der Waals surface area contributed by atoms with Gasteiger partial charge in [-0.1, -0.05) is 11.8 Å². The van der Waals surface area contributed by atoms with Crippen LogP contribution in [0.3, 0.4) is 0 Å². The van der Waals surface area contributed by atoms with Crippen molar-refractivity contribution in [3.05, 3.63) is 0 Å². The molecular weight excluding hydrogens is 239 g/mol. The van der Waals surface area contributed by atoms with E-state index in [1.165, 1.54) is 6.92 Å². The molecule has 1 nitrogen and oxygen atoms in total. The molecule has 0 spiro atoms. The summed E-state index contributed by atoms with van der Waals surface area (Å²) >= 11 is 0.711. The third-order valence-corrected chi connectivity index (χ3v) is 2.44. The van der Waals surface area contributed by atoms with Gasteiger partial charge in [0.1, 0.15) is 6.17 Å². The van der Waals surface area contributed by atoms with E-state index < -0.39 is 31.4 Å². The fourth-order valence-electron chi connectivity index (χ4n) is 0.800. The topological polar surface area (TPSA) is 17.1 Å². The van der Waals surface area contributed by atoms with E-state index in [1.807, 2.05) is 0 Å². The summed E-state index contributed by atoms with van der Waals surface area (Å²) in [6.45, 7) is -1.00. The predicted octanol–water partition coefficient (Wildman–Crippen LogP) is 2.94. The molecule has 0 aliphatic carbocycles. The molecule has 2 unspecified atom stereocenters. The van der Waals surface area contributed by atoms with Gasteiger partial charge in [-0.3, -0.25) is 4.79 Å². The van der Waals surface area contributed by atoms with Crippen LogP contribution in [-0.4, -0.2) is 35.8 Å². The van der Waals surface area contributed by atoms with Gasteiger partial charge in [0, 0.05) is 12.7 Å². The Morgan fingerprint density at radius 1 is 1.40 bits per heavy atom. The standard InChI is InChI=1S/C8H11F5OS/c1-5(14)15-3-2-6(10)7(11)8(12,13)4-9/h6-7H,2-4H2,1H3. The van der Waals surface area contributed by atoms with Gasteiger partial charge < -0.3 is 0 Å². The Morgan fingerprint density at radius 3 is 2.33 bits per heavy atom. The molecule has 0 heterocycles. The highest BCUT2D eigenvalue weighted by Crippen LogP contribution is 2.28. The van der Waals surface area contributed by atoms with E-state index in [-0.39, 0.29) is 10.9 Å². The van der Waals surface area contributed by atoms with Crippen LogP contribution in [0.15, 0.2) is 0 Å². The maximum absolute atomic E-state index is 12.8. The van der Waals surface area contributed by atoms with Gasteiger partial charge >= 0.3 is 5.92 Å². The number of thioether (sulfide) groups is 1. The molecule has 0 amide bonds. The average Bonchev–Trinajstić information content (AvgIpc) is 2.15. The Hall–Kier alpha value is -0.330. The Balaban J connectivity index is 3.99. The van der Waals surface area contributed by atoms with Crippen molar-refractivity contribution >= 4 is 16.9 Å². The van der Waals surface area contributed by atoms with Crippen LogP contribution in [0.4, 0.5) is 22.0 Å². The summed E-state index contributed by atoms with van der Waals surface area (Å²) in [6.07, 6.45) is -6.15. The molecule has 0 saturated heterocycles. The van der Waals surface area contributed by atoms with Crippen molar-refractivity contribution in [3.8, 4) is 0 Å². The maximum atomic E-state index is 12.8. The third kappa shape index (κ3) is 5.34. The van der Waals surface area contributed by atoms with E-state index >= 15 is 0 Å². The number of carbonyl (C=O) groups is 1. The number of halogens is 5. The predicted molar refractivity (Wildman–Crippen MR) is 48.5 cm³/mol. The number of alkyl halides is 5. The van der Waals surface area contributed by atoms with E-state index in [9.17, 15) is 26.7 Å². The fourth-order valence-corrected chi connectivity index (χ4v) is 1.43. The molecule has 2 atom stereocenters. The largest absolute Gasteiger partial charge is 0.309 e. The molecule has 0 rings (SSSR count). The molecule has 0 aromatic rings. The molecule has 0 aliphatic heterocycles. The zero-order chi connectivity index (χ0) is 12.1. The summed E-state index contributed by atoms with van der Waals surface area (Å²) in [4.78, 5) is 10.4. The van der Waals surface area contributed by atoms with Crippen molar-refractivity contribution in [2.24, 2.45) is 0 Å². The third-order valence-electron chi connectivity index (χ3n) is 1.60. The average molecular weight is 250 g/mol. The molecule has 7 heteroatoms. The number of hydrogen-bond donors (Lipinski definition) is 0. The summed E-state index contributed by atoms with van der Waals surface area (Å²) in [6, 6.07) is 0. The van der Waals surface area contributed by atoms with Crippen molar-refractivity contribution in [1.82, 2.24) is 0 Å². The van der Waals surface area contributed by atoms with Gasteiger partial charge in [0.15, 0.2) is 18.0 Å². The highest BCUT2D eigenvalue weighted by atomic mass is 32.2. The monoisotopic (exact) mass is 250 g/mol. The SMILES string of the molecule is CC(=O)SCCC(F)C(F)C(F)(F)CF. The van der Waals surface area contributed by atoms with Crippen LogP contribution < -0.4 is 0 Å². The van der Waals surface area contributed by atoms with E-state index in [0.717, 1.165) is 0 Å². The highest BCUT2D eigenvalue weighted by molar-refractivity contribution is 8.13. The van der Waals surface area contributed by atoms with Gasteiger partial charge in [0.05, 0.1) is 0 Å². The van der Waals surface area contributed by atoms with Crippen molar-refractivity contribution in [2.45, 2.75) is 31.6 Å². The summed E-state index contributed by atoms with van der Waals surface area (Å²) in [5.41, 5.74) is 0. The van der Waals surface area contributed by atoms with Crippen molar-refractivity contribution in [2.75, 3.05) is 12.4 Å². The minimum Gasteiger partial charge on any atom is -0.288 e. The Morgan fingerprint density at radius 2 is 1.93 bits per heavy atom. The first-order valence-electron chi connectivity index (χ1n) is 4.16. The van der Waals surface area contributed by atoms with Gasteiger partial charge in [-0.15, -0.1) is 0 Å². The quantitative estimate of drug-likeness (QED) is 0.674. The lowest BCUT2D eigenvalue weighted by atomic mass is 10.1. The molecule has 0 N–H and O–H groups in total. The molecule has 0 bridgehead atoms. The molecule has 0 aliphatic rings. The Labute approximate surface area is 88.4 Å². The van der Waals surface area contributed by atoms with Crippen LogP contribution >= 0.6 is 11.8 Å². The smallest absolute Gasteiger partial charge is 0.288 e. The van der Waals surface area contributed by atoms with E-state index in [1.54, 1.807) is 0 Å². The lowest BCUT2D eigenvalue weighted by Gasteiger charge is -2.20. The molecular formula is C8H11F5OS. The molecule has 0 aromatic heterocycles. The normalized spacial score (nSPS) is 16.1. The molecule has 0 radical (unpaired) electrons. The van der Waals surface area contributed by atoms with Crippen molar-refractivity contribution in [3.63, 3.8) is 0 Å². The zero-order valence-corrected chi connectivity index (χ0v) is 8.80. The maximum Gasteiger partial charge on any atom is 0.309 e. The van der Waals surface area contributed by atoms with Crippen LogP contribution in [0, 0.1) is 0 Å². The van der Waals surface area contributed by atoms with Crippen LogP contribution in [0.5, 0.6) is 0 Å². The second-order valence-electron chi connectivity index (χ2n) is 2.94. The molecule has 15 heavy (non-hydrogen) atoms. The van der Waals surface area contributed by atoms with E-state index in [4.69, 9.17) is 0 Å². The van der Waals surface area contributed by atoms with Gasteiger partial charge in [-0.2, -0.15) is 0 Å². The van der Waals surface area contributed by atoms with E-state index in [2.05, 4.69) is 0 Å². The van der Waals surface area contributed by atoms with Gasteiger partial charge in [-0.05, 0) is 6.42 Å². The first kappa shape index (κ1) is 14.7. The van der Waals surface area contributed by atoms with Crippen LogP contribution in [-0.2, 0) is 4.79 Å². The zero-order valence-electron chi connectivity index (χ0n) is 7.98. The minimum absolute atomic E-state index is 0.0979. The number of hydrogen-bond acceptors (Lipinski definition) is 2. The van der Waals surface area contributed by atoms with Crippen molar-refractivity contribution in [1.29, 1.82) is 0 Å². The Kier molecular flexibility index (Phi) is 6.16. The first-order valence-corrected chi connectivity index (χ1v) is 5.15. The lowest BCUT2D eigenvalue weighted by molar-refractivity contribution is -0.112. The molecule has 0 saturated carbocycles. The summed E-state index contributed by atoms with van der Waals surface area (Å²) in [5, 5.41) is -0.310. The lowest BCUT2D eigenvalue weighted by Crippen LogP contribution is -2.39. The van der Waals surface area contributed by atoms with Crippen LogP contribution in [0.25, 0.3) is 0 Å². The van der Waals surface area contributed by atoms with Gasteiger partial charge in [-0.25, -0.2) is 22.0 Å². The fraction of sp³-hybridized carbons (Fsp3) is 0.875. The molecule has 0 fully saturated rings. The number of rotatable bonds is 6. The van der Waals surface area contributed by atoms with Crippen molar-refractivity contribution < 1.29 is 26.7 Å². The second-order valence-corrected chi connectivity index (χ2v) is 4.21. The van der Waals surface area contributed by atoms with Gasteiger partial charge in [0.25, 0.3) is 0 Å². The molecule has 0 aromatic carbocycles. The molecule has 90 valence electrons. The Bertz CT molecular complexity index is 211. The van der Waals surface area contributed by atoms with Crippen LogP contribution in [0.1, 0.15) is 13.3 Å². The number of carbonyl (C=O) groups excluding carboxylic acids is 1. The van der Waals surface area contributed by atoms with Gasteiger partial charge in [0.2, 0.25) is 0 Å². The van der Waals surface area contributed by atoms with E-state index in [0.29, 0.717) is 11.8 Å². The summed E-state index contributed by atoms with van der Waals surface area (Å²) in [5.74, 6) is -4.39. The minimum atomic E-state index is -4.29. The van der Waals surface area contributed by atoms with Crippen LogP contribution in [0.2, 0.25) is 0 Å². The first-order chi connectivity index (χ1) is 6.81. The highest BCUT2D eigenvalue weighted by Gasteiger charge is 2.45.